The number of amides is 1. The van der Waals surface area contributed by atoms with Crippen molar-refractivity contribution in [1.82, 2.24) is 5.32 Å². The SMILES string of the molecule is COc1ccccc1/C=C(/C(=O)OCC(=O)NCc1ccc(C)cc1)c1ccccc1. The quantitative estimate of drug-likeness (QED) is 0.336. The number of hydrogen-bond donors (Lipinski definition) is 1. The number of nitrogens with one attached hydrogen (secondary N) is 1. The summed E-state index contributed by atoms with van der Waals surface area (Å²) < 4.78 is 10.7. The lowest BCUT2D eigenvalue weighted by Crippen LogP contribution is -2.28. The molecule has 5 nitrogen and oxygen atoms in total. The number of para-hydroxylation sites is 1. The van der Waals surface area contributed by atoms with Crippen molar-refractivity contribution in [3.05, 3.63) is 101 Å². The van der Waals surface area contributed by atoms with Crippen molar-refractivity contribution in [2.45, 2.75) is 13.5 Å². The minimum Gasteiger partial charge on any atom is -0.496 e. The molecule has 0 radical (unpaired) electrons. The van der Waals surface area contributed by atoms with E-state index in [1.54, 1.807) is 13.2 Å². The van der Waals surface area contributed by atoms with Crippen LogP contribution in [0.4, 0.5) is 0 Å². The summed E-state index contributed by atoms with van der Waals surface area (Å²) in [6.45, 7) is 2.02. The van der Waals surface area contributed by atoms with Gasteiger partial charge in [-0.2, -0.15) is 0 Å². The molecule has 0 bridgehead atoms. The van der Waals surface area contributed by atoms with Gasteiger partial charge in [0.2, 0.25) is 0 Å². The highest BCUT2D eigenvalue weighted by molar-refractivity contribution is 6.22. The van der Waals surface area contributed by atoms with Gasteiger partial charge in [-0.05, 0) is 30.2 Å². The van der Waals surface area contributed by atoms with Crippen molar-refractivity contribution in [2.75, 3.05) is 13.7 Å². The fraction of sp³-hybridized carbons (Fsp3) is 0.154. The Bertz CT molecular complexity index is 1060. The summed E-state index contributed by atoms with van der Waals surface area (Å²) >= 11 is 0. The molecule has 0 aromatic heterocycles. The molecule has 0 spiro atoms. The predicted octanol–water partition coefficient (Wildman–Crippen LogP) is 4.40. The summed E-state index contributed by atoms with van der Waals surface area (Å²) in [5.41, 5.74) is 3.91. The minimum absolute atomic E-state index is 0.344. The normalized spacial score (nSPS) is 11.0. The molecule has 0 heterocycles. The molecule has 1 amide bonds. The van der Waals surface area contributed by atoms with Crippen LogP contribution < -0.4 is 10.1 Å². The van der Waals surface area contributed by atoms with Gasteiger partial charge in [0.1, 0.15) is 5.75 Å². The highest BCUT2D eigenvalue weighted by Crippen LogP contribution is 2.25. The van der Waals surface area contributed by atoms with Crippen LogP contribution in [0.1, 0.15) is 22.3 Å². The topological polar surface area (TPSA) is 64.6 Å². The van der Waals surface area contributed by atoms with E-state index in [1.165, 1.54) is 0 Å². The molecule has 3 rings (SSSR count). The summed E-state index contributed by atoms with van der Waals surface area (Å²) in [6, 6.07) is 24.4. The van der Waals surface area contributed by atoms with E-state index in [1.807, 2.05) is 85.8 Å². The van der Waals surface area contributed by atoms with Gasteiger partial charge in [-0.1, -0.05) is 78.4 Å². The van der Waals surface area contributed by atoms with Crippen LogP contribution in [0.5, 0.6) is 5.75 Å². The van der Waals surface area contributed by atoms with Gasteiger partial charge in [-0.25, -0.2) is 4.79 Å². The number of carbonyl (C=O) groups is 2. The van der Waals surface area contributed by atoms with Crippen molar-refractivity contribution < 1.29 is 19.1 Å². The Morgan fingerprint density at radius 1 is 0.903 bits per heavy atom. The molecule has 0 aliphatic rings. The number of rotatable bonds is 8. The summed E-state index contributed by atoms with van der Waals surface area (Å²) in [5, 5.41) is 2.76. The van der Waals surface area contributed by atoms with E-state index < -0.39 is 5.97 Å². The van der Waals surface area contributed by atoms with Gasteiger partial charge in [-0.3, -0.25) is 4.79 Å². The number of aryl methyl sites for hydroxylation is 1. The van der Waals surface area contributed by atoms with Crippen LogP contribution in [0, 0.1) is 6.92 Å². The van der Waals surface area contributed by atoms with Crippen LogP contribution in [0.15, 0.2) is 78.9 Å². The molecule has 0 saturated carbocycles. The molecule has 0 aliphatic carbocycles. The first-order chi connectivity index (χ1) is 15.1. The third-order valence-electron chi connectivity index (χ3n) is 4.69. The highest BCUT2D eigenvalue weighted by atomic mass is 16.5. The minimum atomic E-state index is -0.581. The monoisotopic (exact) mass is 415 g/mol. The van der Waals surface area contributed by atoms with Crippen molar-refractivity contribution >= 4 is 23.5 Å². The van der Waals surface area contributed by atoms with Crippen LogP contribution in [0.3, 0.4) is 0 Å². The summed E-state index contributed by atoms with van der Waals surface area (Å²) in [4.78, 5) is 25.0. The first-order valence-electron chi connectivity index (χ1n) is 9.96. The fourth-order valence-corrected chi connectivity index (χ4v) is 2.99. The molecule has 0 saturated heterocycles. The van der Waals surface area contributed by atoms with E-state index in [2.05, 4.69) is 5.32 Å². The summed E-state index contributed by atoms with van der Waals surface area (Å²) in [6.07, 6.45) is 1.71. The average Bonchev–Trinajstić information content (AvgIpc) is 2.81. The van der Waals surface area contributed by atoms with E-state index in [0.717, 1.165) is 16.7 Å². The molecule has 0 unspecified atom stereocenters. The second-order valence-electron chi connectivity index (χ2n) is 7.00. The molecule has 0 fully saturated rings. The Kier molecular flexibility index (Phi) is 7.60. The van der Waals surface area contributed by atoms with Crippen LogP contribution in [0.25, 0.3) is 11.6 Å². The van der Waals surface area contributed by atoms with Crippen molar-refractivity contribution in [3.63, 3.8) is 0 Å². The zero-order valence-corrected chi connectivity index (χ0v) is 17.6. The molecule has 5 heteroatoms. The second kappa shape index (κ2) is 10.8. The molecule has 1 N–H and O–H groups in total. The maximum absolute atomic E-state index is 12.9. The lowest BCUT2D eigenvalue weighted by Gasteiger charge is -2.11. The Hall–Kier alpha value is -3.86. The maximum Gasteiger partial charge on any atom is 0.339 e. The van der Waals surface area contributed by atoms with Gasteiger partial charge in [0.05, 0.1) is 12.7 Å². The number of hydrogen-bond acceptors (Lipinski definition) is 4. The Morgan fingerprint density at radius 2 is 1.58 bits per heavy atom. The molecule has 31 heavy (non-hydrogen) atoms. The van der Waals surface area contributed by atoms with Gasteiger partial charge >= 0.3 is 5.97 Å². The Morgan fingerprint density at radius 3 is 2.29 bits per heavy atom. The number of carbonyl (C=O) groups excluding carboxylic acids is 2. The predicted molar refractivity (Wildman–Crippen MR) is 121 cm³/mol. The smallest absolute Gasteiger partial charge is 0.339 e. The summed E-state index contributed by atoms with van der Waals surface area (Å²) in [7, 11) is 1.57. The lowest BCUT2D eigenvalue weighted by atomic mass is 10.0. The van der Waals surface area contributed by atoms with Crippen LogP contribution in [0.2, 0.25) is 0 Å². The molecule has 0 aliphatic heterocycles. The maximum atomic E-state index is 12.9. The Balaban J connectivity index is 1.69. The van der Waals surface area contributed by atoms with Crippen LogP contribution in [-0.4, -0.2) is 25.6 Å². The van der Waals surface area contributed by atoms with Gasteiger partial charge in [0.15, 0.2) is 6.61 Å². The fourth-order valence-electron chi connectivity index (χ4n) is 2.99. The number of methoxy groups -OCH3 is 1. The largest absolute Gasteiger partial charge is 0.496 e. The summed E-state index contributed by atoms with van der Waals surface area (Å²) in [5.74, 6) is -0.305. The molecule has 0 atom stereocenters. The second-order valence-corrected chi connectivity index (χ2v) is 7.00. The molecular formula is C26H25NO4. The number of benzene rings is 3. The van der Waals surface area contributed by atoms with Gasteiger partial charge < -0.3 is 14.8 Å². The van der Waals surface area contributed by atoms with E-state index >= 15 is 0 Å². The molecule has 3 aromatic carbocycles. The number of esters is 1. The highest BCUT2D eigenvalue weighted by Gasteiger charge is 2.16. The number of ether oxygens (including phenoxy) is 2. The first-order valence-corrected chi connectivity index (χ1v) is 9.96. The average molecular weight is 415 g/mol. The molecular weight excluding hydrogens is 390 g/mol. The zero-order valence-electron chi connectivity index (χ0n) is 17.6. The van der Waals surface area contributed by atoms with Gasteiger partial charge in [0, 0.05) is 12.1 Å². The third kappa shape index (κ3) is 6.31. The molecule has 3 aromatic rings. The van der Waals surface area contributed by atoms with E-state index in [4.69, 9.17) is 9.47 Å². The standard InChI is InChI=1S/C26H25NO4/c1-19-12-14-20(15-13-19)17-27-25(28)18-31-26(29)23(21-8-4-3-5-9-21)16-22-10-6-7-11-24(22)30-2/h3-16H,17-18H2,1-2H3,(H,27,28)/b23-16+. The van der Waals surface area contributed by atoms with Crippen molar-refractivity contribution in [3.8, 4) is 5.75 Å². The van der Waals surface area contributed by atoms with Crippen molar-refractivity contribution in [1.29, 1.82) is 0 Å². The third-order valence-corrected chi connectivity index (χ3v) is 4.69. The van der Waals surface area contributed by atoms with Crippen LogP contribution in [-0.2, 0) is 20.9 Å². The van der Waals surface area contributed by atoms with Crippen LogP contribution >= 0.6 is 0 Å². The van der Waals surface area contributed by atoms with Gasteiger partial charge in [0.25, 0.3) is 5.91 Å². The van der Waals surface area contributed by atoms with E-state index in [9.17, 15) is 9.59 Å². The lowest BCUT2D eigenvalue weighted by molar-refractivity contribution is -0.142. The van der Waals surface area contributed by atoms with E-state index in [-0.39, 0.29) is 12.5 Å². The first kappa shape index (κ1) is 21.8. The van der Waals surface area contributed by atoms with E-state index in [0.29, 0.717) is 23.4 Å². The van der Waals surface area contributed by atoms with Crippen molar-refractivity contribution in [2.24, 2.45) is 0 Å². The van der Waals surface area contributed by atoms with Gasteiger partial charge in [-0.15, -0.1) is 0 Å². The molecule has 158 valence electrons. The zero-order chi connectivity index (χ0) is 22.1. The Labute approximate surface area is 182 Å².